The average Bonchev–Trinajstić information content (AvgIpc) is 2.68. The summed E-state index contributed by atoms with van der Waals surface area (Å²) in [6.45, 7) is 7.94. The Morgan fingerprint density at radius 1 is 1.50 bits per heavy atom. The zero-order valence-electron chi connectivity index (χ0n) is 10.7. The topological polar surface area (TPSA) is 46.5 Å². The van der Waals surface area contributed by atoms with Gasteiger partial charge in [0.15, 0.2) is 0 Å². The van der Waals surface area contributed by atoms with Crippen molar-refractivity contribution in [2.75, 3.05) is 0 Å². The summed E-state index contributed by atoms with van der Waals surface area (Å²) in [7, 11) is 0. The first kappa shape index (κ1) is 11.7. The number of hydrogen-bond acceptors (Lipinski definition) is 3. The summed E-state index contributed by atoms with van der Waals surface area (Å²) >= 11 is 0. The predicted octanol–water partition coefficient (Wildman–Crippen LogP) is 1.99. The van der Waals surface area contributed by atoms with Gasteiger partial charge < -0.3 is 9.84 Å². The van der Waals surface area contributed by atoms with E-state index in [-0.39, 0.29) is 29.8 Å². The minimum atomic E-state index is -0.504. The molecule has 0 aromatic heterocycles. The van der Waals surface area contributed by atoms with Crippen molar-refractivity contribution in [3.8, 4) is 0 Å². The third-order valence-electron chi connectivity index (χ3n) is 4.53. The standard InChI is InChI=1S/C15H18O3/c1-7-6-8(2)12-10(7)4-5-11(16)13-9(3)15(17)18-14(12)13/h4,6,9,11-14,16H,1,5H2,2-3H3/t9-,11-,12?,13?,14+/m0/s1. The fraction of sp³-hybridized carbons (Fsp3) is 0.533. The number of ether oxygens (including phenoxy) is 1. The second kappa shape index (κ2) is 3.82. The number of esters is 1. The first-order valence-electron chi connectivity index (χ1n) is 6.46. The molecule has 0 aromatic rings. The van der Waals surface area contributed by atoms with Crippen molar-refractivity contribution in [1.82, 2.24) is 0 Å². The van der Waals surface area contributed by atoms with Crippen molar-refractivity contribution in [2.45, 2.75) is 32.5 Å². The maximum atomic E-state index is 11.8. The van der Waals surface area contributed by atoms with Gasteiger partial charge in [0.1, 0.15) is 6.10 Å². The zero-order chi connectivity index (χ0) is 13.0. The Hall–Kier alpha value is -1.35. The van der Waals surface area contributed by atoms with Gasteiger partial charge in [0.2, 0.25) is 0 Å². The maximum absolute atomic E-state index is 11.8. The molecular formula is C15H18O3. The van der Waals surface area contributed by atoms with Gasteiger partial charge in [-0.05, 0) is 24.5 Å². The minimum Gasteiger partial charge on any atom is -0.461 e. The lowest BCUT2D eigenvalue weighted by Gasteiger charge is -2.27. The van der Waals surface area contributed by atoms with E-state index in [9.17, 15) is 9.90 Å². The number of allylic oxidation sites excluding steroid dienone is 2. The molecule has 0 saturated carbocycles. The lowest BCUT2D eigenvalue weighted by Crippen LogP contribution is -2.35. The van der Waals surface area contributed by atoms with Gasteiger partial charge in [-0.15, -0.1) is 0 Å². The lowest BCUT2D eigenvalue weighted by molar-refractivity contribution is -0.144. The van der Waals surface area contributed by atoms with Crippen LogP contribution in [0.2, 0.25) is 0 Å². The van der Waals surface area contributed by atoms with Crippen molar-refractivity contribution in [3.05, 3.63) is 35.5 Å². The van der Waals surface area contributed by atoms with Crippen molar-refractivity contribution in [2.24, 2.45) is 17.8 Å². The largest absolute Gasteiger partial charge is 0.461 e. The first-order chi connectivity index (χ1) is 8.50. The van der Waals surface area contributed by atoms with Gasteiger partial charge >= 0.3 is 5.97 Å². The van der Waals surface area contributed by atoms with Crippen LogP contribution < -0.4 is 0 Å². The fourth-order valence-corrected chi connectivity index (χ4v) is 3.60. The van der Waals surface area contributed by atoms with E-state index in [4.69, 9.17) is 4.74 Å². The van der Waals surface area contributed by atoms with E-state index >= 15 is 0 Å². The molecule has 0 amide bonds. The van der Waals surface area contributed by atoms with Crippen LogP contribution in [-0.4, -0.2) is 23.3 Å². The van der Waals surface area contributed by atoms with Crippen LogP contribution in [-0.2, 0) is 9.53 Å². The van der Waals surface area contributed by atoms with Gasteiger partial charge in [0, 0.05) is 11.8 Å². The van der Waals surface area contributed by atoms with Crippen molar-refractivity contribution < 1.29 is 14.6 Å². The Bertz CT molecular complexity index is 486. The molecule has 1 N–H and O–H groups in total. The monoisotopic (exact) mass is 246 g/mol. The van der Waals surface area contributed by atoms with E-state index < -0.39 is 6.10 Å². The van der Waals surface area contributed by atoms with Crippen LogP contribution in [0.4, 0.5) is 0 Å². The summed E-state index contributed by atoms with van der Waals surface area (Å²) < 4.78 is 5.54. The van der Waals surface area contributed by atoms with E-state index in [0.29, 0.717) is 6.42 Å². The number of fused-ring (bicyclic) bond motifs is 3. The van der Waals surface area contributed by atoms with Crippen molar-refractivity contribution >= 4 is 5.97 Å². The van der Waals surface area contributed by atoms with Crippen LogP contribution in [0.1, 0.15) is 20.3 Å². The Morgan fingerprint density at radius 3 is 2.94 bits per heavy atom. The predicted molar refractivity (Wildman–Crippen MR) is 67.6 cm³/mol. The lowest BCUT2D eigenvalue weighted by atomic mass is 9.79. The third kappa shape index (κ3) is 1.43. The van der Waals surface area contributed by atoms with Crippen LogP contribution in [0.25, 0.3) is 0 Å². The molecule has 18 heavy (non-hydrogen) atoms. The SMILES string of the molecule is C=C1C=C(C)C2C1=CC[C@H](O)C1[C@@H]2OC(=O)[C@H]1C. The minimum absolute atomic E-state index is 0.0912. The van der Waals surface area contributed by atoms with Gasteiger partial charge in [-0.2, -0.15) is 0 Å². The zero-order valence-corrected chi connectivity index (χ0v) is 10.7. The smallest absolute Gasteiger partial charge is 0.309 e. The molecule has 0 bridgehead atoms. The highest BCUT2D eigenvalue weighted by atomic mass is 16.6. The van der Waals surface area contributed by atoms with Crippen LogP contribution in [0.3, 0.4) is 0 Å². The Kier molecular flexibility index (Phi) is 2.49. The van der Waals surface area contributed by atoms with E-state index in [1.54, 1.807) is 0 Å². The van der Waals surface area contributed by atoms with Crippen LogP contribution in [0.5, 0.6) is 0 Å². The van der Waals surface area contributed by atoms with E-state index in [1.807, 2.05) is 13.8 Å². The Balaban J connectivity index is 2.06. The summed E-state index contributed by atoms with van der Waals surface area (Å²) in [4.78, 5) is 11.8. The molecule has 1 saturated heterocycles. The number of rotatable bonds is 0. The van der Waals surface area contributed by atoms with Gasteiger partial charge in [0.05, 0.1) is 12.0 Å². The second-order valence-electron chi connectivity index (χ2n) is 5.62. The molecule has 3 heteroatoms. The molecule has 0 radical (unpaired) electrons. The number of carbonyl (C=O) groups is 1. The van der Waals surface area contributed by atoms with Crippen molar-refractivity contribution in [1.29, 1.82) is 0 Å². The van der Waals surface area contributed by atoms with Gasteiger partial charge in [-0.25, -0.2) is 0 Å². The number of aliphatic hydroxyl groups is 1. The molecule has 0 spiro atoms. The van der Waals surface area contributed by atoms with Crippen LogP contribution >= 0.6 is 0 Å². The van der Waals surface area contributed by atoms with E-state index in [2.05, 4.69) is 18.7 Å². The Labute approximate surface area is 107 Å². The van der Waals surface area contributed by atoms with E-state index in [1.165, 1.54) is 5.57 Å². The second-order valence-corrected chi connectivity index (χ2v) is 5.62. The molecule has 1 heterocycles. The van der Waals surface area contributed by atoms with Crippen molar-refractivity contribution in [3.63, 3.8) is 0 Å². The summed E-state index contributed by atoms with van der Waals surface area (Å²) in [5.41, 5.74) is 3.29. The van der Waals surface area contributed by atoms with Crippen LogP contribution in [0.15, 0.2) is 35.5 Å². The highest BCUT2D eigenvalue weighted by molar-refractivity contribution is 5.75. The maximum Gasteiger partial charge on any atom is 0.309 e. The van der Waals surface area contributed by atoms with E-state index in [0.717, 1.165) is 11.1 Å². The summed E-state index contributed by atoms with van der Waals surface area (Å²) in [6, 6.07) is 0. The third-order valence-corrected chi connectivity index (χ3v) is 4.53. The molecule has 3 rings (SSSR count). The van der Waals surface area contributed by atoms with Gasteiger partial charge in [-0.1, -0.05) is 31.2 Å². The summed E-state index contributed by atoms with van der Waals surface area (Å²) in [6.07, 6.45) is 3.96. The molecule has 96 valence electrons. The number of aliphatic hydroxyl groups excluding tert-OH is 1. The molecule has 5 atom stereocenters. The van der Waals surface area contributed by atoms with Gasteiger partial charge in [-0.3, -0.25) is 4.79 Å². The number of carbonyl (C=O) groups excluding carboxylic acids is 1. The summed E-state index contributed by atoms with van der Waals surface area (Å²) in [5, 5.41) is 10.2. The first-order valence-corrected chi connectivity index (χ1v) is 6.46. The highest BCUT2D eigenvalue weighted by Gasteiger charge is 2.52. The summed E-state index contributed by atoms with van der Waals surface area (Å²) in [5.74, 6) is -0.422. The molecular weight excluding hydrogens is 228 g/mol. The highest BCUT2D eigenvalue weighted by Crippen LogP contribution is 2.48. The molecule has 0 aromatic carbocycles. The van der Waals surface area contributed by atoms with Gasteiger partial charge in [0.25, 0.3) is 0 Å². The Morgan fingerprint density at radius 2 is 2.22 bits per heavy atom. The molecule has 3 aliphatic rings. The molecule has 1 fully saturated rings. The molecule has 2 unspecified atom stereocenters. The number of hydrogen-bond donors (Lipinski definition) is 1. The quantitative estimate of drug-likeness (QED) is 0.665. The fourth-order valence-electron chi connectivity index (χ4n) is 3.60. The normalized spacial score (nSPS) is 42.7. The molecule has 2 aliphatic carbocycles. The molecule has 3 nitrogen and oxygen atoms in total. The average molecular weight is 246 g/mol. The van der Waals surface area contributed by atoms with Crippen LogP contribution in [0, 0.1) is 17.8 Å². The molecule has 1 aliphatic heterocycles.